The third kappa shape index (κ3) is 3.77. The first-order valence-corrected chi connectivity index (χ1v) is 4.84. The molecule has 2 unspecified atom stereocenters. The minimum Gasteiger partial charge on any atom is -0.466 e. The van der Waals surface area contributed by atoms with E-state index < -0.39 is 0 Å². The minimum absolute atomic E-state index is 0.171. The summed E-state index contributed by atoms with van der Waals surface area (Å²) in [7, 11) is 1.74. The quantitative estimate of drug-likeness (QED) is 0.626. The summed E-state index contributed by atoms with van der Waals surface area (Å²) < 4.78 is 10.1. The average Bonchev–Trinajstić information content (AvgIpc) is 2.50. The monoisotopic (exact) mass is 186 g/mol. The van der Waals surface area contributed by atoms with Crippen molar-refractivity contribution in [2.75, 3.05) is 20.3 Å². The molecular formula is C10H18O3. The second-order valence-corrected chi connectivity index (χ2v) is 3.80. The van der Waals surface area contributed by atoms with Crippen molar-refractivity contribution in [3.63, 3.8) is 0 Å². The smallest absolute Gasteiger partial charge is 0.302 e. The minimum atomic E-state index is -0.171. The number of methoxy groups -OCH3 is 1. The Morgan fingerprint density at radius 3 is 2.46 bits per heavy atom. The van der Waals surface area contributed by atoms with Gasteiger partial charge in [-0.2, -0.15) is 0 Å². The zero-order valence-electron chi connectivity index (χ0n) is 8.41. The summed E-state index contributed by atoms with van der Waals surface area (Å²) in [6, 6.07) is 0. The van der Waals surface area contributed by atoms with Crippen molar-refractivity contribution in [2.24, 2.45) is 11.8 Å². The van der Waals surface area contributed by atoms with Crippen molar-refractivity contribution in [2.45, 2.75) is 26.2 Å². The fraction of sp³-hybridized carbons (Fsp3) is 0.900. The molecular weight excluding hydrogens is 168 g/mol. The number of ether oxygens (including phenoxy) is 2. The van der Waals surface area contributed by atoms with Crippen molar-refractivity contribution >= 4 is 5.97 Å². The highest BCUT2D eigenvalue weighted by molar-refractivity contribution is 5.65. The maximum atomic E-state index is 10.6. The van der Waals surface area contributed by atoms with Crippen molar-refractivity contribution in [3.05, 3.63) is 0 Å². The van der Waals surface area contributed by atoms with Crippen LogP contribution in [-0.4, -0.2) is 26.3 Å². The molecule has 0 radical (unpaired) electrons. The van der Waals surface area contributed by atoms with E-state index in [4.69, 9.17) is 9.47 Å². The van der Waals surface area contributed by atoms with Gasteiger partial charge in [0.15, 0.2) is 0 Å². The van der Waals surface area contributed by atoms with E-state index in [0.717, 1.165) is 13.0 Å². The van der Waals surface area contributed by atoms with Crippen molar-refractivity contribution in [1.29, 1.82) is 0 Å². The number of rotatable bonds is 4. The summed E-state index contributed by atoms with van der Waals surface area (Å²) in [5.41, 5.74) is 0. The lowest BCUT2D eigenvalue weighted by molar-refractivity contribution is -0.142. The SMILES string of the molecule is COCC1CCC(COC(C)=O)C1. The Bertz CT molecular complexity index is 168. The molecule has 0 aliphatic heterocycles. The molecule has 0 saturated heterocycles. The van der Waals surface area contributed by atoms with Crippen LogP contribution in [0.5, 0.6) is 0 Å². The molecule has 76 valence electrons. The number of hydrogen-bond donors (Lipinski definition) is 0. The fourth-order valence-corrected chi connectivity index (χ4v) is 1.95. The van der Waals surface area contributed by atoms with Gasteiger partial charge in [0.2, 0.25) is 0 Å². The summed E-state index contributed by atoms with van der Waals surface area (Å²) in [6.07, 6.45) is 3.52. The van der Waals surface area contributed by atoms with E-state index in [-0.39, 0.29) is 5.97 Å². The summed E-state index contributed by atoms with van der Waals surface area (Å²) in [4.78, 5) is 10.6. The van der Waals surface area contributed by atoms with Crippen molar-refractivity contribution < 1.29 is 14.3 Å². The normalized spacial score (nSPS) is 27.5. The van der Waals surface area contributed by atoms with Gasteiger partial charge in [-0.25, -0.2) is 0 Å². The summed E-state index contributed by atoms with van der Waals surface area (Å²) in [5.74, 6) is 1.06. The van der Waals surface area contributed by atoms with Crippen LogP contribution in [0.3, 0.4) is 0 Å². The molecule has 0 aromatic carbocycles. The molecule has 0 heterocycles. The van der Waals surface area contributed by atoms with Crippen LogP contribution in [0.2, 0.25) is 0 Å². The Morgan fingerprint density at radius 2 is 1.92 bits per heavy atom. The van der Waals surface area contributed by atoms with Crippen LogP contribution in [-0.2, 0) is 14.3 Å². The fourth-order valence-electron chi connectivity index (χ4n) is 1.95. The molecule has 1 aliphatic rings. The van der Waals surface area contributed by atoms with Crippen LogP contribution in [0.1, 0.15) is 26.2 Å². The maximum Gasteiger partial charge on any atom is 0.302 e. The molecule has 3 nitrogen and oxygen atoms in total. The molecule has 1 fully saturated rings. The Hall–Kier alpha value is -0.570. The zero-order valence-corrected chi connectivity index (χ0v) is 8.41. The van der Waals surface area contributed by atoms with E-state index in [2.05, 4.69) is 0 Å². The molecule has 1 aliphatic carbocycles. The molecule has 2 atom stereocenters. The molecule has 0 N–H and O–H groups in total. The molecule has 0 aromatic heterocycles. The first kappa shape index (κ1) is 10.5. The topological polar surface area (TPSA) is 35.5 Å². The van der Waals surface area contributed by atoms with Crippen molar-refractivity contribution in [1.82, 2.24) is 0 Å². The second-order valence-electron chi connectivity index (χ2n) is 3.80. The third-order valence-corrected chi connectivity index (χ3v) is 2.57. The molecule has 1 rings (SSSR count). The van der Waals surface area contributed by atoms with Gasteiger partial charge in [0.25, 0.3) is 0 Å². The van der Waals surface area contributed by atoms with Crippen LogP contribution >= 0.6 is 0 Å². The summed E-state index contributed by atoms with van der Waals surface area (Å²) in [5, 5.41) is 0. The lowest BCUT2D eigenvalue weighted by Gasteiger charge is -2.10. The molecule has 0 bridgehead atoms. The number of carbonyl (C=O) groups excluding carboxylic acids is 1. The van der Waals surface area contributed by atoms with Crippen LogP contribution in [0.15, 0.2) is 0 Å². The van der Waals surface area contributed by atoms with E-state index in [9.17, 15) is 4.79 Å². The molecule has 0 spiro atoms. The Balaban J connectivity index is 2.13. The van der Waals surface area contributed by atoms with Gasteiger partial charge >= 0.3 is 5.97 Å². The van der Waals surface area contributed by atoms with Gasteiger partial charge in [0.1, 0.15) is 0 Å². The lowest BCUT2D eigenvalue weighted by atomic mass is 10.1. The lowest BCUT2D eigenvalue weighted by Crippen LogP contribution is -2.10. The molecule has 13 heavy (non-hydrogen) atoms. The van der Waals surface area contributed by atoms with Crippen LogP contribution in [0.25, 0.3) is 0 Å². The Morgan fingerprint density at radius 1 is 1.31 bits per heavy atom. The van der Waals surface area contributed by atoms with E-state index in [0.29, 0.717) is 18.4 Å². The van der Waals surface area contributed by atoms with E-state index in [1.54, 1.807) is 7.11 Å². The largest absolute Gasteiger partial charge is 0.466 e. The molecule has 0 amide bonds. The summed E-state index contributed by atoms with van der Waals surface area (Å²) >= 11 is 0. The molecule has 1 saturated carbocycles. The highest BCUT2D eigenvalue weighted by atomic mass is 16.5. The molecule has 0 aromatic rings. The van der Waals surface area contributed by atoms with Gasteiger partial charge in [-0.15, -0.1) is 0 Å². The number of carbonyl (C=O) groups is 1. The summed E-state index contributed by atoms with van der Waals surface area (Å²) in [6.45, 7) is 2.90. The van der Waals surface area contributed by atoms with Crippen LogP contribution in [0, 0.1) is 11.8 Å². The predicted octanol–water partition coefficient (Wildman–Crippen LogP) is 1.61. The van der Waals surface area contributed by atoms with Gasteiger partial charge in [0.05, 0.1) is 6.61 Å². The highest BCUT2D eigenvalue weighted by Crippen LogP contribution is 2.30. The van der Waals surface area contributed by atoms with Gasteiger partial charge in [-0.3, -0.25) is 4.79 Å². The van der Waals surface area contributed by atoms with Gasteiger partial charge in [-0.1, -0.05) is 0 Å². The predicted molar refractivity (Wildman–Crippen MR) is 49.3 cm³/mol. The third-order valence-electron chi connectivity index (χ3n) is 2.57. The zero-order chi connectivity index (χ0) is 9.68. The second kappa shape index (κ2) is 5.22. The molecule has 3 heteroatoms. The van der Waals surface area contributed by atoms with Crippen LogP contribution in [0.4, 0.5) is 0 Å². The first-order chi connectivity index (χ1) is 6.22. The van der Waals surface area contributed by atoms with E-state index in [1.807, 2.05) is 0 Å². The van der Waals surface area contributed by atoms with E-state index in [1.165, 1.54) is 19.8 Å². The van der Waals surface area contributed by atoms with Gasteiger partial charge in [-0.05, 0) is 31.1 Å². The Kier molecular flexibility index (Phi) is 4.22. The van der Waals surface area contributed by atoms with Gasteiger partial charge < -0.3 is 9.47 Å². The van der Waals surface area contributed by atoms with Crippen molar-refractivity contribution in [3.8, 4) is 0 Å². The Labute approximate surface area is 79.4 Å². The van der Waals surface area contributed by atoms with E-state index >= 15 is 0 Å². The number of esters is 1. The van der Waals surface area contributed by atoms with Crippen LogP contribution < -0.4 is 0 Å². The first-order valence-electron chi connectivity index (χ1n) is 4.84. The van der Waals surface area contributed by atoms with Gasteiger partial charge in [0, 0.05) is 20.6 Å². The maximum absolute atomic E-state index is 10.6. The highest BCUT2D eigenvalue weighted by Gasteiger charge is 2.25. The standard InChI is InChI=1S/C10H18O3/c1-8(11)13-7-10-4-3-9(5-10)6-12-2/h9-10H,3-7H2,1-2H3. The number of hydrogen-bond acceptors (Lipinski definition) is 3. The average molecular weight is 186 g/mol.